The summed E-state index contributed by atoms with van der Waals surface area (Å²) in [6.07, 6.45) is -2.95. The van der Waals surface area contributed by atoms with E-state index in [4.69, 9.17) is 0 Å². The number of nitrogens with zero attached hydrogens (tertiary/aromatic N) is 2. The molecule has 8 nitrogen and oxygen atoms in total. The van der Waals surface area contributed by atoms with Gasteiger partial charge < -0.3 is 15.5 Å². The zero-order valence-corrected chi connectivity index (χ0v) is 19.0. The number of halogens is 3. The second-order valence-electron chi connectivity index (χ2n) is 8.69. The van der Waals surface area contributed by atoms with Gasteiger partial charge in [0.2, 0.25) is 11.8 Å². The standard InChI is InChI=1S/C22H29F3N4O4/c1-12(2)16(18(30)22(23,24)25)27-20(32)15-9-7-11-29(15)21(33)17(13(3)4)28-19(31)14-8-5-6-10-26-14/h5-6,8,10,12-13,15-17H,7,9,11H2,1-4H3,(H,27,32)(H,28,31)/t15-,16?,17-/m0/s1. The lowest BCUT2D eigenvalue weighted by atomic mass is 9.98. The number of alkyl halides is 3. The van der Waals surface area contributed by atoms with Gasteiger partial charge in [0.1, 0.15) is 17.8 Å². The molecule has 3 atom stereocenters. The number of likely N-dealkylation sites (tertiary alicyclic amines) is 1. The predicted octanol–water partition coefficient (Wildman–Crippen LogP) is 2.10. The molecule has 33 heavy (non-hydrogen) atoms. The number of hydrogen-bond donors (Lipinski definition) is 2. The minimum absolute atomic E-state index is 0.122. The molecular weight excluding hydrogens is 441 g/mol. The van der Waals surface area contributed by atoms with Gasteiger partial charge in [-0.1, -0.05) is 33.8 Å². The van der Waals surface area contributed by atoms with Gasteiger partial charge in [-0.15, -0.1) is 0 Å². The molecule has 2 N–H and O–H groups in total. The fourth-order valence-corrected chi connectivity index (χ4v) is 3.67. The molecule has 3 amide bonds. The van der Waals surface area contributed by atoms with Crippen molar-refractivity contribution >= 4 is 23.5 Å². The van der Waals surface area contributed by atoms with Crippen molar-refractivity contribution in [2.75, 3.05) is 6.54 Å². The predicted molar refractivity (Wildman–Crippen MR) is 113 cm³/mol. The van der Waals surface area contributed by atoms with Gasteiger partial charge in [0.15, 0.2) is 0 Å². The van der Waals surface area contributed by atoms with E-state index in [9.17, 15) is 32.3 Å². The van der Waals surface area contributed by atoms with Crippen LogP contribution in [0.25, 0.3) is 0 Å². The maximum atomic E-state index is 13.2. The first-order valence-corrected chi connectivity index (χ1v) is 10.8. The molecule has 1 aliphatic heterocycles. The summed E-state index contributed by atoms with van der Waals surface area (Å²) >= 11 is 0. The molecule has 0 aliphatic carbocycles. The Labute approximate surface area is 190 Å². The highest BCUT2D eigenvalue weighted by molar-refractivity contribution is 5.98. The molecule has 1 saturated heterocycles. The molecule has 11 heteroatoms. The van der Waals surface area contributed by atoms with Crippen LogP contribution in [0, 0.1) is 11.8 Å². The molecule has 1 fully saturated rings. The van der Waals surface area contributed by atoms with E-state index in [0.29, 0.717) is 6.42 Å². The minimum atomic E-state index is -5.09. The van der Waals surface area contributed by atoms with E-state index < -0.39 is 53.7 Å². The summed E-state index contributed by atoms with van der Waals surface area (Å²) in [6, 6.07) is 1.01. The number of nitrogens with one attached hydrogen (secondary N) is 2. The van der Waals surface area contributed by atoms with E-state index in [1.165, 1.54) is 31.0 Å². The van der Waals surface area contributed by atoms with Crippen LogP contribution in [-0.2, 0) is 14.4 Å². The second-order valence-corrected chi connectivity index (χ2v) is 8.69. The number of rotatable bonds is 8. The van der Waals surface area contributed by atoms with Crippen LogP contribution in [0.1, 0.15) is 51.0 Å². The van der Waals surface area contributed by atoms with Crippen LogP contribution >= 0.6 is 0 Å². The minimum Gasteiger partial charge on any atom is -0.344 e. The molecule has 1 unspecified atom stereocenters. The largest absolute Gasteiger partial charge is 0.452 e. The van der Waals surface area contributed by atoms with Crippen molar-refractivity contribution < 1.29 is 32.3 Å². The molecule has 0 spiro atoms. The number of amides is 3. The molecule has 2 heterocycles. The number of ketones is 1. The molecule has 1 aromatic heterocycles. The monoisotopic (exact) mass is 470 g/mol. The van der Waals surface area contributed by atoms with Crippen LogP contribution in [-0.4, -0.2) is 64.2 Å². The average Bonchev–Trinajstić information content (AvgIpc) is 3.24. The molecule has 2 rings (SSSR count). The lowest BCUT2D eigenvalue weighted by Crippen LogP contribution is -2.58. The zero-order chi connectivity index (χ0) is 24.9. The Balaban J connectivity index is 2.17. The average molecular weight is 470 g/mol. The second kappa shape index (κ2) is 10.8. The first kappa shape index (κ1) is 26.3. The molecular formula is C22H29F3N4O4. The third-order valence-corrected chi connectivity index (χ3v) is 5.48. The van der Waals surface area contributed by atoms with E-state index >= 15 is 0 Å². The van der Waals surface area contributed by atoms with Crippen LogP contribution in [0.2, 0.25) is 0 Å². The van der Waals surface area contributed by atoms with Crippen molar-refractivity contribution in [3.8, 4) is 0 Å². The third kappa shape index (κ3) is 6.52. The van der Waals surface area contributed by atoms with Gasteiger partial charge in [-0.25, -0.2) is 0 Å². The van der Waals surface area contributed by atoms with Crippen molar-refractivity contribution in [1.29, 1.82) is 0 Å². The zero-order valence-electron chi connectivity index (χ0n) is 19.0. The van der Waals surface area contributed by atoms with Gasteiger partial charge in [-0.05, 0) is 36.8 Å². The smallest absolute Gasteiger partial charge is 0.344 e. The number of aromatic nitrogens is 1. The SMILES string of the molecule is CC(C)C(NC(=O)[C@@H]1CCCN1C(=O)[C@@H](NC(=O)c1ccccn1)C(C)C)C(=O)C(F)(F)F. The highest BCUT2D eigenvalue weighted by Gasteiger charge is 2.46. The molecule has 0 aromatic carbocycles. The van der Waals surface area contributed by atoms with Crippen LogP contribution in [0.5, 0.6) is 0 Å². The van der Waals surface area contributed by atoms with Crippen LogP contribution in [0.3, 0.4) is 0 Å². The fraction of sp³-hybridized carbons (Fsp3) is 0.591. The van der Waals surface area contributed by atoms with E-state index in [1.807, 2.05) is 0 Å². The first-order valence-electron chi connectivity index (χ1n) is 10.8. The van der Waals surface area contributed by atoms with Crippen molar-refractivity contribution in [2.24, 2.45) is 11.8 Å². The van der Waals surface area contributed by atoms with E-state index in [-0.39, 0.29) is 24.6 Å². The maximum absolute atomic E-state index is 13.2. The number of hydrogen-bond acceptors (Lipinski definition) is 5. The lowest BCUT2D eigenvalue weighted by molar-refractivity contribution is -0.175. The Hall–Kier alpha value is -2.98. The fourth-order valence-electron chi connectivity index (χ4n) is 3.67. The Morgan fingerprint density at radius 2 is 1.67 bits per heavy atom. The normalized spacial score (nSPS) is 18.2. The topological polar surface area (TPSA) is 108 Å². The summed E-state index contributed by atoms with van der Waals surface area (Å²) < 4.78 is 38.8. The number of carbonyl (C=O) groups is 4. The summed E-state index contributed by atoms with van der Waals surface area (Å²) in [5.41, 5.74) is 0.122. The third-order valence-electron chi connectivity index (χ3n) is 5.48. The molecule has 182 valence electrons. The first-order chi connectivity index (χ1) is 15.3. The Morgan fingerprint density at radius 3 is 2.18 bits per heavy atom. The Morgan fingerprint density at radius 1 is 1.03 bits per heavy atom. The molecule has 0 saturated carbocycles. The summed E-state index contributed by atoms with van der Waals surface area (Å²) in [5, 5.41) is 4.82. The summed E-state index contributed by atoms with van der Waals surface area (Å²) in [6.45, 7) is 6.45. The van der Waals surface area contributed by atoms with Crippen molar-refractivity contribution in [1.82, 2.24) is 20.5 Å². The van der Waals surface area contributed by atoms with Gasteiger partial charge >= 0.3 is 6.18 Å². The van der Waals surface area contributed by atoms with Gasteiger partial charge in [0.05, 0.1) is 6.04 Å². The quantitative estimate of drug-likeness (QED) is 0.605. The highest BCUT2D eigenvalue weighted by Crippen LogP contribution is 2.24. The van der Waals surface area contributed by atoms with Gasteiger partial charge in [0.25, 0.3) is 11.7 Å². The van der Waals surface area contributed by atoms with E-state index in [0.717, 1.165) is 0 Å². The van der Waals surface area contributed by atoms with E-state index in [2.05, 4.69) is 15.6 Å². The molecule has 0 bridgehead atoms. The molecule has 1 aromatic rings. The highest BCUT2D eigenvalue weighted by atomic mass is 19.4. The van der Waals surface area contributed by atoms with Crippen molar-refractivity contribution in [3.05, 3.63) is 30.1 Å². The number of carbonyl (C=O) groups excluding carboxylic acids is 4. The summed E-state index contributed by atoms with van der Waals surface area (Å²) in [5.74, 6) is -5.06. The lowest BCUT2D eigenvalue weighted by Gasteiger charge is -2.31. The maximum Gasteiger partial charge on any atom is 0.452 e. The van der Waals surface area contributed by atoms with Crippen LogP contribution in [0.15, 0.2) is 24.4 Å². The van der Waals surface area contributed by atoms with Crippen LogP contribution in [0.4, 0.5) is 13.2 Å². The summed E-state index contributed by atoms with van der Waals surface area (Å²) in [4.78, 5) is 55.5. The van der Waals surface area contributed by atoms with E-state index in [1.54, 1.807) is 26.0 Å². The van der Waals surface area contributed by atoms with Gasteiger partial charge in [-0.2, -0.15) is 13.2 Å². The molecule has 1 aliphatic rings. The number of Topliss-reactive ketones (excluding diaryl/α,β-unsaturated/α-hetero) is 1. The van der Waals surface area contributed by atoms with Crippen LogP contribution < -0.4 is 10.6 Å². The van der Waals surface area contributed by atoms with Gasteiger partial charge in [0, 0.05) is 12.7 Å². The van der Waals surface area contributed by atoms with Gasteiger partial charge in [-0.3, -0.25) is 24.2 Å². The Bertz CT molecular complexity index is 874. The molecule has 0 radical (unpaired) electrons. The number of pyridine rings is 1. The van der Waals surface area contributed by atoms with Crippen molar-refractivity contribution in [3.63, 3.8) is 0 Å². The van der Waals surface area contributed by atoms with Crippen molar-refractivity contribution in [2.45, 2.75) is 64.8 Å². The Kier molecular flexibility index (Phi) is 8.57. The summed E-state index contributed by atoms with van der Waals surface area (Å²) in [7, 11) is 0.